The fourth-order valence-electron chi connectivity index (χ4n) is 5.73. The summed E-state index contributed by atoms with van der Waals surface area (Å²) in [5.74, 6) is -1.44. The number of benzene rings is 3. The molecule has 3 aromatic carbocycles. The first-order valence-electron chi connectivity index (χ1n) is 23.7. The minimum atomic E-state index is -0.947. The van der Waals surface area contributed by atoms with Crippen molar-refractivity contribution in [1.29, 1.82) is 0 Å². The molecule has 4 N–H and O–H groups in total. The molecule has 25 heteroatoms. The summed E-state index contributed by atoms with van der Waals surface area (Å²) in [4.78, 5) is 89.6. The van der Waals surface area contributed by atoms with Crippen LogP contribution in [-0.2, 0) is 91.2 Å². The standard InChI is InChI=1S/2C18H27NO6.C14H17NO5.CH2O2.CH4.3H2S/c2*1-4-22-16(20)12-15(17(23-5-2)24-6-3)19-18(21)25-13-14-10-8-7-9-11-14;1-2-19-13(17)8-12(9-16)15-14(18)20-10-11-6-4-3-5-7-11;2-1-3;;;;/h2*7-11,15,17H,4-6,12-13H2,1-3H3,(H,19,21);3-7,9,12H,2,8,10H2,1H3,(H,15,18);1H,(H,2,3);1H4;3*1H2/t2*15-;12-;;;;;/m111...../s1. The van der Waals surface area contributed by atoms with Gasteiger partial charge in [-0.15, -0.1) is 0 Å². The van der Waals surface area contributed by atoms with Crippen molar-refractivity contribution in [1.82, 2.24) is 16.0 Å². The molecular formula is C52H83N3O19S3. The predicted molar refractivity (Wildman–Crippen MR) is 301 cm³/mol. The Labute approximate surface area is 473 Å². The molecule has 3 rings (SSSR count). The van der Waals surface area contributed by atoms with E-state index in [4.69, 9.17) is 57.3 Å². The molecule has 22 nitrogen and oxygen atoms in total. The normalized spacial score (nSPS) is 10.8. The number of aldehydes is 1. The molecule has 3 aromatic rings. The quantitative estimate of drug-likeness (QED) is 0.0228. The number of hydrogen-bond acceptors (Lipinski definition) is 18. The lowest BCUT2D eigenvalue weighted by molar-refractivity contribution is -0.164. The van der Waals surface area contributed by atoms with Gasteiger partial charge in [0, 0.05) is 26.4 Å². The van der Waals surface area contributed by atoms with Gasteiger partial charge in [-0.1, -0.05) is 98.4 Å². The number of esters is 3. The van der Waals surface area contributed by atoms with E-state index in [9.17, 15) is 33.6 Å². The molecule has 0 saturated carbocycles. The molecule has 0 aromatic heterocycles. The van der Waals surface area contributed by atoms with E-state index in [1.807, 2.05) is 91.0 Å². The van der Waals surface area contributed by atoms with Crippen LogP contribution in [-0.4, -0.2) is 131 Å². The molecule has 0 radical (unpaired) electrons. The van der Waals surface area contributed by atoms with Crippen molar-refractivity contribution in [2.45, 2.75) is 126 Å². The molecule has 0 fully saturated rings. The smallest absolute Gasteiger partial charge is 0.408 e. The number of alkyl carbamates (subject to hydrolysis) is 3. The third-order valence-corrected chi connectivity index (χ3v) is 8.77. The second-order valence-electron chi connectivity index (χ2n) is 14.3. The molecule has 0 saturated heterocycles. The molecule has 0 unspecified atom stereocenters. The van der Waals surface area contributed by atoms with Crippen LogP contribution in [0.15, 0.2) is 91.0 Å². The molecule has 438 valence electrons. The fourth-order valence-corrected chi connectivity index (χ4v) is 5.73. The van der Waals surface area contributed by atoms with Gasteiger partial charge in [0.05, 0.1) is 57.2 Å². The van der Waals surface area contributed by atoms with Crippen LogP contribution >= 0.6 is 40.5 Å². The van der Waals surface area contributed by atoms with Gasteiger partial charge in [-0.05, 0) is 65.2 Å². The summed E-state index contributed by atoms with van der Waals surface area (Å²) < 4.78 is 51.9. The Morgan fingerprint density at radius 1 is 0.429 bits per heavy atom. The van der Waals surface area contributed by atoms with E-state index in [0.29, 0.717) is 32.7 Å². The summed E-state index contributed by atoms with van der Waals surface area (Å²) in [6, 6.07) is 25.4. The Morgan fingerprint density at radius 3 is 0.935 bits per heavy atom. The second-order valence-corrected chi connectivity index (χ2v) is 14.3. The Balaban J connectivity index is -0.000000321. The van der Waals surface area contributed by atoms with Crippen molar-refractivity contribution in [3.63, 3.8) is 0 Å². The summed E-state index contributed by atoms with van der Waals surface area (Å²) in [5, 5.41) is 14.5. The summed E-state index contributed by atoms with van der Waals surface area (Å²) in [6.07, 6.45) is -3.45. The van der Waals surface area contributed by atoms with E-state index in [2.05, 4.69) is 16.0 Å². The van der Waals surface area contributed by atoms with Crippen LogP contribution in [0.5, 0.6) is 0 Å². The molecular weight excluding hydrogens is 1070 g/mol. The number of nitrogens with one attached hydrogen (secondary N) is 3. The van der Waals surface area contributed by atoms with Crippen LogP contribution in [0.2, 0.25) is 0 Å². The van der Waals surface area contributed by atoms with Gasteiger partial charge in [-0.3, -0.25) is 19.2 Å². The third-order valence-electron chi connectivity index (χ3n) is 8.77. The van der Waals surface area contributed by atoms with Crippen molar-refractivity contribution >= 4 is 89.4 Å². The first kappa shape index (κ1) is 79.8. The zero-order valence-electron chi connectivity index (χ0n) is 44.2. The molecule has 0 spiro atoms. The van der Waals surface area contributed by atoms with Crippen molar-refractivity contribution in [2.75, 3.05) is 46.2 Å². The molecule has 3 amide bonds. The van der Waals surface area contributed by atoms with Gasteiger partial charge in [0.25, 0.3) is 6.47 Å². The Hall–Kier alpha value is -6.09. The second kappa shape index (κ2) is 53.3. The van der Waals surface area contributed by atoms with Gasteiger partial charge in [-0.25, -0.2) is 14.4 Å². The lowest BCUT2D eigenvalue weighted by Gasteiger charge is -2.26. The van der Waals surface area contributed by atoms with Crippen LogP contribution in [0.3, 0.4) is 0 Å². The highest BCUT2D eigenvalue weighted by Gasteiger charge is 2.29. The first-order chi connectivity index (χ1) is 35.3. The van der Waals surface area contributed by atoms with Crippen LogP contribution in [0.25, 0.3) is 0 Å². The average molecular weight is 1150 g/mol. The van der Waals surface area contributed by atoms with Gasteiger partial charge >= 0.3 is 36.2 Å². The number of amides is 3. The molecule has 3 atom stereocenters. The van der Waals surface area contributed by atoms with Crippen LogP contribution in [0, 0.1) is 0 Å². The van der Waals surface area contributed by atoms with E-state index >= 15 is 0 Å². The molecule has 0 aliphatic heterocycles. The van der Waals surface area contributed by atoms with Crippen molar-refractivity contribution < 1.29 is 90.8 Å². The Bertz CT molecular complexity index is 1860. The minimum absolute atomic E-state index is 0. The van der Waals surface area contributed by atoms with Crippen molar-refractivity contribution in [3.8, 4) is 0 Å². The third kappa shape index (κ3) is 41.7. The van der Waals surface area contributed by atoms with Crippen LogP contribution in [0.1, 0.15) is 91.8 Å². The van der Waals surface area contributed by atoms with Gasteiger partial charge in [0.2, 0.25) is 0 Å². The summed E-state index contributed by atoms with van der Waals surface area (Å²) in [7, 11) is 0. The highest BCUT2D eigenvalue weighted by atomic mass is 32.1. The number of rotatable bonds is 29. The van der Waals surface area contributed by atoms with E-state index in [0.717, 1.165) is 16.7 Å². The van der Waals surface area contributed by atoms with E-state index in [1.165, 1.54) is 0 Å². The van der Waals surface area contributed by atoms with Crippen molar-refractivity contribution in [3.05, 3.63) is 108 Å². The SMILES string of the molecule is C.CCOC(=O)C[C@@H](NC(=O)OCc1ccccc1)C(OCC)OCC.CCOC(=O)C[C@@H](NC(=O)OCc1ccccc1)C(OCC)OCC.CCOC(=O)C[C@H](C=O)NC(=O)OCc1ccccc1.O=CO.S.S.S. The largest absolute Gasteiger partial charge is 0.483 e. The molecule has 0 heterocycles. The maximum Gasteiger partial charge on any atom is 0.408 e. The lowest BCUT2D eigenvalue weighted by atomic mass is 10.2. The maximum atomic E-state index is 12.1. The fraction of sp³-hybridized carbons (Fsp3) is 0.500. The Morgan fingerprint density at radius 2 is 0.688 bits per heavy atom. The van der Waals surface area contributed by atoms with Crippen LogP contribution < -0.4 is 16.0 Å². The first-order valence-corrected chi connectivity index (χ1v) is 23.7. The minimum Gasteiger partial charge on any atom is -0.483 e. The molecule has 0 aliphatic rings. The maximum absolute atomic E-state index is 12.1. The zero-order chi connectivity index (χ0) is 54.5. The monoisotopic (exact) mass is 1150 g/mol. The van der Waals surface area contributed by atoms with E-state index in [-0.39, 0.29) is 113 Å². The lowest BCUT2D eigenvalue weighted by Crippen LogP contribution is -2.47. The van der Waals surface area contributed by atoms with E-state index < -0.39 is 66.9 Å². The number of hydrogen-bond donors (Lipinski definition) is 4. The van der Waals surface area contributed by atoms with Crippen molar-refractivity contribution in [2.24, 2.45) is 0 Å². The summed E-state index contributed by atoms with van der Waals surface area (Å²) in [6.45, 7) is 14.7. The topological polar surface area (TPSA) is 285 Å². The van der Waals surface area contributed by atoms with Crippen LogP contribution in [0.4, 0.5) is 14.4 Å². The highest BCUT2D eigenvalue weighted by molar-refractivity contribution is 7.59. The highest BCUT2D eigenvalue weighted by Crippen LogP contribution is 2.12. The molecule has 77 heavy (non-hydrogen) atoms. The molecule has 0 aliphatic carbocycles. The summed E-state index contributed by atoms with van der Waals surface area (Å²) in [5.41, 5.74) is 2.56. The average Bonchev–Trinajstić information content (AvgIpc) is 3.38. The number of carboxylic acid groups (broad SMARTS) is 1. The van der Waals surface area contributed by atoms with E-state index in [1.54, 1.807) is 48.5 Å². The number of ether oxygens (including phenoxy) is 10. The number of carbonyl (C=O) groups is 8. The summed E-state index contributed by atoms with van der Waals surface area (Å²) >= 11 is 0. The predicted octanol–water partition coefficient (Wildman–Crippen LogP) is 7.38. The van der Waals surface area contributed by atoms with Gasteiger partial charge < -0.3 is 73.2 Å². The van der Waals surface area contributed by atoms with Gasteiger partial charge in [0.1, 0.15) is 26.1 Å². The molecule has 0 bridgehead atoms. The zero-order valence-corrected chi connectivity index (χ0v) is 47.2. The van der Waals surface area contributed by atoms with Gasteiger partial charge in [0.15, 0.2) is 12.6 Å². The number of carbonyl (C=O) groups excluding carboxylic acids is 7. The van der Waals surface area contributed by atoms with Gasteiger partial charge in [-0.2, -0.15) is 40.5 Å². The Kier molecular flexibility index (Phi) is 55.2.